The lowest BCUT2D eigenvalue weighted by molar-refractivity contribution is 0.0950. The summed E-state index contributed by atoms with van der Waals surface area (Å²) in [5.41, 5.74) is 2.33. The maximum Gasteiger partial charge on any atom is 0.255 e. The maximum absolute atomic E-state index is 12.4. The third-order valence-corrected chi connectivity index (χ3v) is 4.62. The fourth-order valence-corrected chi connectivity index (χ4v) is 3.24. The molecule has 118 valence electrons. The molecule has 0 radical (unpaired) electrons. The molecule has 2 aromatic heterocycles. The number of hydrogen-bond donors (Lipinski definition) is 1. The van der Waals surface area contributed by atoms with Crippen LogP contribution in [0.3, 0.4) is 0 Å². The summed E-state index contributed by atoms with van der Waals surface area (Å²) in [7, 11) is 0. The van der Waals surface area contributed by atoms with E-state index in [-0.39, 0.29) is 5.91 Å². The number of hydrogen-bond acceptors (Lipinski definition) is 3. The molecule has 0 saturated carbocycles. The summed E-state index contributed by atoms with van der Waals surface area (Å²) in [6.45, 7) is 2.54. The second kappa shape index (κ2) is 6.98. The van der Waals surface area contributed by atoms with E-state index >= 15 is 0 Å². The Morgan fingerprint density at radius 1 is 1.35 bits per heavy atom. The monoisotopic (exact) mass is 345 g/mol. The van der Waals surface area contributed by atoms with E-state index in [2.05, 4.69) is 10.4 Å². The van der Waals surface area contributed by atoms with Gasteiger partial charge in [0.05, 0.1) is 29.7 Å². The first-order valence-electron chi connectivity index (χ1n) is 7.32. The van der Waals surface area contributed by atoms with Gasteiger partial charge in [0.25, 0.3) is 5.91 Å². The molecule has 1 amide bonds. The van der Waals surface area contributed by atoms with Crippen molar-refractivity contribution in [3.05, 3.63) is 69.1 Å². The van der Waals surface area contributed by atoms with Gasteiger partial charge in [-0.3, -0.25) is 4.79 Å². The zero-order valence-corrected chi connectivity index (χ0v) is 14.2. The summed E-state index contributed by atoms with van der Waals surface area (Å²) in [4.78, 5) is 13.6. The van der Waals surface area contributed by atoms with Gasteiger partial charge in [0, 0.05) is 9.90 Å². The van der Waals surface area contributed by atoms with Gasteiger partial charge >= 0.3 is 0 Å². The number of nitrogens with zero attached hydrogens (tertiary/aromatic N) is 2. The molecule has 0 aliphatic heterocycles. The summed E-state index contributed by atoms with van der Waals surface area (Å²) >= 11 is 7.67. The fraction of sp³-hybridized carbons (Fsp3) is 0.176. The molecule has 0 fully saturated rings. The number of amides is 1. The van der Waals surface area contributed by atoms with E-state index in [4.69, 9.17) is 11.6 Å². The van der Waals surface area contributed by atoms with Crippen molar-refractivity contribution >= 4 is 28.8 Å². The first-order chi connectivity index (χ1) is 11.2. The van der Waals surface area contributed by atoms with E-state index in [1.165, 1.54) is 0 Å². The highest BCUT2D eigenvalue weighted by atomic mass is 35.5. The molecule has 0 unspecified atom stereocenters. The number of carbonyl (C=O) groups excluding carboxylic acids is 1. The van der Waals surface area contributed by atoms with Gasteiger partial charge in [0.1, 0.15) is 0 Å². The molecule has 3 aromatic rings. The molecule has 0 aliphatic carbocycles. The molecule has 3 rings (SSSR count). The Bertz CT molecular complexity index is 811. The predicted octanol–water partition coefficient (Wildman–Crippen LogP) is 4.08. The molecule has 0 bridgehead atoms. The zero-order valence-electron chi connectivity index (χ0n) is 12.6. The maximum atomic E-state index is 12.4. The van der Waals surface area contributed by atoms with E-state index in [0.29, 0.717) is 23.6 Å². The summed E-state index contributed by atoms with van der Waals surface area (Å²) in [5.74, 6) is -0.108. The van der Waals surface area contributed by atoms with Crippen molar-refractivity contribution in [1.29, 1.82) is 0 Å². The van der Waals surface area contributed by atoms with Crippen LogP contribution in [0.4, 0.5) is 0 Å². The second-order valence-electron chi connectivity index (χ2n) is 5.01. The minimum absolute atomic E-state index is 0.108. The number of aromatic nitrogens is 2. The molecule has 2 heterocycles. The number of thiophene rings is 1. The Labute approximate surface area is 143 Å². The predicted molar refractivity (Wildman–Crippen MR) is 93.4 cm³/mol. The third-order valence-electron chi connectivity index (χ3n) is 3.50. The lowest BCUT2D eigenvalue weighted by Crippen LogP contribution is -2.23. The van der Waals surface area contributed by atoms with Crippen LogP contribution in [-0.2, 0) is 13.0 Å². The Morgan fingerprint density at radius 2 is 2.22 bits per heavy atom. The average molecular weight is 346 g/mol. The quantitative estimate of drug-likeness (QED) is 0.757. The molecular formula is C17H16ClN3OS. The van der Waals surface area contributed by atoms with Gasteiger partial charge in [-0.1, -0.05) is 30.7 Å². The minimum Gasteiger partial charge on any atom is -0.347 e. The number of halogens is 1. The van der Waals surface area contributed by atoms with Crippen LogP contribution >= 0.6 is 22.9 Å². The van der Waals surface area contributed by atoms with Gasteiger partial charge in [-0.25, -0.2) is 4.68 Å². The molecule has 6 heteroatoms. The highest BCUT2D eigenvalue weighted by molar-refractivity contribution is 7.09. The van der Waals surface area contributed by atoms with Gasteiger partial charge in [-0.2, -0.15) is 5.10 Å². The molecule has 1 N–H and O–H groups in total. The topological polar surface area (TPSA) is 46.9 Å². The SMILES string of the molecule is CCc1c(C(=O)NCc2cccs2)cnn1-c1cccc(Cl)c1. The third kappa shape index (κ3) is 3.46. The first kappa shape index (κ1) is 15.8. The van der Waals surface area contributed by atoms with Gasteiger partial charge in [0.2, 0.25) is 0 Å². The zero-order chi connectivity index (χ0) is 16.2. The lowest BCUT2D eigenvalue weighted by atomic mass is 10.2. The van der Waals surface area contributed by atoms with Crippen LogP contribution in [0.5, 0.6) is 0 Å². The van der Waals surface area contributed by atoms with E-state index in [0.717, 1.165) is 16.3 Å². The normalized spacial score (nSPS) is 10.7. The Kier molecular flexibility index (Phi) is 4.79. The molecule has 1 aromatic carbocycles. The molecule has 0 saturated heterocycles. The van der Waals surface area contributed by atoms with Crippen LogP contribution in [-0.4, -0.2) is 15.7 Å². The van der Waals surface area contributed by atoms with Gasteiger partial charge in [0.15, 0.2) is 0 Å². The van der Waals surface area contributed by atoms with Crippen molar-refractivity contribution in [3.8, 4) is 5.69 Å². The summed E-state index contributed by atoms with van der Waals surface area (Å²) in [6.07, 6.45) is 2.32. The highest BCUT2D eigenvalue weighted by Gasteiger charge is 2.17. The Hall–Kier alpha value is -2.11. The van der Waals surface area contributed by atoms with E-state index in [9.17, 15) is 4.79 Å². The van der Waals surface area contributed by atoms with Gasteiger partial charge in [-0.05, 0) is 36.1 Å². The van der Waals surface area contributed by atoms with Crippen LogP contribution in [0.15, 0.2) is 48.0 Å². The van der Waals surface area contributed by atoms with Crippen molar-refractivity contribution in [2.45, 2.75) is 19.9 Å². The smallest absolute Gasteiger partial charge is 0.255 e. The van der Waals surface area contributed by atoms with Crippen molar-refractivity contribution in [1.82, 2.24) is 15.1 Å². The van der Waals surface area contributed by atoms with Crippen LogP contribution in [0, 0.1) is 0 Å². The van der Waals surface area contributed by atoms with Crippen LogP contribution in [0.25, 0.3) is 5.69 Å². The number of benzene rings is 1. The standard InChI is InChI=1S/C17H16ClN3OS/c1-2-16-15(17(22)19-10-14-7-4-8-23-14)11-20-21(16)13-6-3-5-12(18)9-13/h3-9,11H,2,10H2,1H3,(H,19,22). The molecule has 4 nitrogen and oxygen atoms in total. The van der Waals surface area contributed by atoms with E-state index < -0.39 is 0 Å². The summed E-state index contributed by atoms with van der Waals surface area (Å²) in [5, 5.41) is 9.95. The molecule has 0 atom stereocenters. The average Bonchev–Trinajstić information content (AvgIpc) is 3.21. The number of carbonyl (C=O) groups is 1. The van der Waals surface area contributed by atoms with Gasteiger partial charge in [-0.15, -0.1) is 11.3 Å². The summed E-state index contributed by atoms with van der Waals surface area (Å²) < 4.78 is 1.77. The molecule has 0 spiro atoms. The van der Waals surface area contributed by atoms with E-state index in [1.54, 1.807) is 22.2 Å². The van der Waals surface area contributed by atoms with Crippen LogP contribution < -0.4 is 5.32 Å². The minimum atomic E-state index is -0.108. The second-order valence-corrected chi connectivity index (χ2v) is 6.48. The number of rotatable bonds is 5. The Morgan fingerprint density at radius 3 is 2.91 bits per heavy atom. The molecule has 0 aliphatic rings. The van der Waals surface area contributed by atoms with Crippen molar-refractivity contribution in [3.63, 3.8) is 0 Å². The largest absolute Gasteiger partial charge is 0.347 e. The lowest BCUT2D eigenvalue weighted by Gasteiger charge is -2.08. The van der Waals surface area contributed by atoms with Crippen LogP contribution in [0.1, 0.15) is 27.9 Å². The fourth-order valence-electron chi connectivity index (χ4n) is 2.41. The molecular weight excluding hydrogens is 330 g/mol. The summed E-state index contributed by atoms with van der Waals surface area (Å²) in [6, 6.07) is 11.4. The highest BCUT2D eigenvalue weighted by Crippen LogP contribution is 2.19. The van der Waals surface area contributed by atoms with Crippen molar-refractivity contribution < 1.29 is 4.79 Å². The first-order valence-corrected chi connectivity index (χ1v) is 8.58. The van der Waals surface area contributed by atoms with Crippen molar-refractivity contribution in [2.75, 3.05) is 0 Å². The van der Waals surface area contributed by atoms with Crippen molar-refractivity contribution in [2.24, 2.45) is 0 Å². The van der Waals surface area contributed by atoms with Crippen LogP contribution in [0.2, 0.25) is 5.02 Å². The van der Waals surface area contributed by atoms with Gasteiger partial charge < -0.3 is 5.32 Å². The Balaban J connectivity index is 1.84. The number of nitrogens with one attached hydrogen (secondary N) is 1. The van der Waals surface area contributed by atoms with E-state index in [1.807, 2.05) is 48.7 Å². The molecule has 23 heavy (non-hydrogen) atoms.